The summed E-state index contributed by atoms with van der Waals surface area (Å²) in [4.78, 5) is 14.0. The van der Waals surface area contributed by atoms with E-state index >= 15 is 0 Å². The fourth-order valence-electron chi connectivity index (χ4n) is 2.52. The van der Waals surface area contributed by atoms with Crippen LogP contribution < -0.4 is 0 Å². The maximum absolute atomic E-state index is 12.1. The Hall–Kier alpha value is -0.990. The maximum atomic E-state index is 12.1. The Morgan fingerprint density at radius 2 is 2.12 bits per heavy atom. The molecule has 2 atom stereocenters. The Bertz CT molecular complexity index is 304. The summed E-state index contributed by atoms with van der Waals surface area (Å²) >= 11 is 0. The summed E-state index contributed by atoms with van der Waals surface area (Å²) in [5.74, 6) is 0. The molecule has 90 valence electrons. The van der Waals surface area contributed by atoms with Gasteiger partial charge in [0.05, 0.1) is 6.04 Å². The molecule has 1 fully saturated rings. The first kappa shape index (κ1) is 11.5. The van der Waals surface area contributed by atoms with Crippen LogP contribution in [0.4, 0.5) is 4.79 Å². The van der Waals surface area contributed by atoms with Crippen molar-refractivity contribution in [2.24, 2.45) is 0 Å². The van der Waals surface area contributed by atoms with Crippen molar-refractivity contribution in [1.29, 1.82) is 0 Å². The molecule has 0 spiro atoms. The van der Waals surface area contributed by atoms with Crippen LogP contribution in [-0.2, 0) is 4.74 Å². The van der Waals surface area contributed by atoms with Gasteiger partial charge in [-0.3, -0.25) is 4.90 Å². The Balaban J connectivity index is 2.08. The molecular weight excluding hydrogens is 202 g/mol. The van der Waals surface area contributed by atoms with E-state index in [9.17, 15) is 4.79 Å². The second-order valence-corrected chi connectivity index (χ2v) is 5.70. The average molecular weight is 223 g/mol. The summed E-state index contributed by atoms with van der Waals surface area (Å²) in [7, 11) is 0. The minimum absolute atomic E-state index is 0.147. The fraction of sp³-hybridized carbons (Fsp3) is 0.769. The summed E-state index contributed by atoms with van der Waals surface area (Å²) in [5.41, 5.74) is -0.396. The van der Waals surface area contributed by atoms with Crippen LogP contribution in [0.3, 0.4) is 0 Å². The smallest absolute Gasteiger partial charge is 0.411 e. The van der Waals surface area contributed by atoms with Crippen molar-refractivity contribution in [1.82, 2.24) is 4.90 Å². The lowest BCUT2D eigenvalue weighted by Gasteiger charge is -2.43. The van der Waals surface area contributed by atoms with Gasteiger partial charge in [0.15, 0.2) is 0 Å². The van der Waals surface area contributed by atoms with Crippen molar-refractivity contribution in [3.63, 3.8) is 0 Å². The highest BCUT2D eigenvalue weighted by molar-refractivity contribution is 5.69. The van der Waals surface area contributed by atoms with Crippen molar-refractivity contribution in [2.45, 2.75) is 64.1 Å². The number of rotatable bonds is 0. The van der Waals surface area contributed by atoms with Gasteiger partial charge in [-0.05, 0) is 46.5 Å². The molecule has 0 aromatic carbocycles. The SMILES string of the molecule is CC(C)(C)OC(=O)N1C2C=CCC1CCC2. The predicted molar refractivity (Wildman–Crippen MR) is 63.3 cm³/mol. The topological polar surface area (TPSA) is 29.5 Å². The molecule has 0 saturated carbocycles. The van der Waals surface area contributed by atoms with E-state index in [2.05, 4.69) is 12.2 Å². The molecule has 0 aromatic rings. The number of nitrogens with zero attached hydrogens (tertiary/aromatic N) is 1. The van der Waals surface area contributed by atoms with E-state index in [0.29, 0.717) is 6.04 Å². The summed E-state index contributed by atoms with van der Waals surface area (Å²) in [6.45, 7) is 5.75. The van der Waals surface area contributed by atoms with Gasteiger partial charge in [-0.15, -0.1) is 0 Å². The molecule has 1 saturated heterocycles. The zero-order valence-electron chi connectivity index (χ0n) is 10.4. The van der Waals surface area contributed by atoms with Crippen LogP contribution in [0.5, 0.6) is 0 Å². The molecule has 3 nitrogen and oxygen atoms in total. The predicted octanol–water partition coefficient (Wildman–Crippen LogP) is 3.10. The zero-order valence-corrected chi connectivity index (χ0v) is 10.4. The van der Waals surface area contributed by atoms with Gasteiger partial charge in [-0.25, -0.2) is 4.79 Å². The van der Waals surface area contributed by atoms with Crippen LogP contribution in [0, 0.1) is 0 Å². The van der Waals surface area contributed by atoms with Gasteiger partial charge >= 0.3 is 6.09 Å². The molecule has 0 aromatic heterocycles. The molecule has 2 unspecified atom stereocenters. The Kier molecular flexibility index (Phi) is 2.96. The van der Waals surface area contributed by atoms with E-state index in [1.165, 1.54) is 6.42 Å². The van der Waals surface area contributed by atoms with E-state index in [4.69, 9.17) is 4.74 Å². The molecule has 2 heterocycles. The van der Waals surface area contributed by atoms with Crippen LogP contribution in [-0.4, -0.2) is 28.7 Å². The summed E-state index contributed by atoms with van der Waals surface area (Å²) < 4.78 is 5.47. The summed E-state index contributed by atoms with van der Waals surface area (Å²) in [5, 5.41) is 0. The van der Waals surface area contributed by atoms with Crippen molar-refractivity contribution < 1.29 is 9.53 Å². The Morgan fingerprint density at radius 1 is 1.38 bits per heavy atom. The standard InChI is InChI=1S/C13H21NO2/c1-13(2,3)16-12(15)14-10-6-4-7-11(14)9-5-8-10/h4,6,10-11H,5,7-9H2,1-3H3. The summed E-state index contributed by atoms with van der Waals surface area (Å²) in [6.07, 6.45) is 8.60. The monoisotopic (exact) mass is 223 g/mol. The van der Waals surface area contributed by atoms with Crippen LogP contribution >= 0.6 is 0 Å². The van der Waals surface area contributed by atoms with Crippen LogP contribution in [0.2, 0.25) is 0 Å². The number of hydrogen-bond acceptors (Lipinski definition) is 2. The third kappa shape index (κ3) is 2.39. The van der Waals surface area contributed by atoms with Crippen molar-refractivity contribution in [3.05, 3.63) is 12.2 Å². The Morgan fingerprint density at radius 3 is 2.75 bits per heavy atom. The van der Waals surface area contributed by atoms with Crippen molar-refractivity contribution in [2.75, 3.05) is 0 Å². The highest BCUT2D eigenvalue weighted by Crippen LogP contribution is 2.31. The maximum Gasteiger partial charge on any atom is 0.411 e. The lowest BCUT2D eigenvalue weighted by Crippen LogP contribution is -2.52. The number of piperidine rings is 1. The lowest BCUT2D eigenvalue weighted by molar-refractivity contribution is -0.000600. The van der Waals surface area contributed by atoms with Crippen LogP contribution in [0.1, 0.15) is 46.5 Å². The molecule has 2 bridgehead atoms. The molecule has 3 heteroatoms. The minimum Gasteiger partial charge on any atom is -0.444 e. The highest BCUT2D eigenvalue weighted by atomic mass is 16.6. The molecule has 2 aliphatic rings. The molecule has 0 N–H and O–H groups in total. The fourth-order valence-corrected chi connectivity index (χ4v) is 2.52. The van der Waals surface area contributed by atoms with Gasteiger partial charge in [-0.1, -0.05) is 12.2 Å². The third-order valence-electron chi connectivity index (χ3n) is 3.16. The van der Waals surface area contributed by atoms with E-state index in [-0.39, 0.29) is 12.1 Å². The molecule has 0 aliphatic carbocycles. The van der Waals surface area contributed by atoms with Gasteiger partial charge in [0.1, 0.15) is 5.60 Å². The van der Waals surface area contributed by atoms with Gasteiger partial charge in [0.25, 0.3) is 0 Å². The molecule has 16 heavy (non-hydrogen) atoms. The molecule has 1 amide bonds. The lowest BCUT2D eigenvalue weighted by atomic mass is 9.89. The number of ether oxygens (including phenoxy) is 1. The number of amides is 1. The van der Waals surface area contributed by atoms with Gasteiger partial charge in [0, 0.05) is 6.04 Å². The quantitative estimate of drug-likeness (QED) is 0.590. The number of hydrogen-bond donors (Lipinski definition) is 0. The third-order valence-corrected chi connectivity index (χ3v) is 3.16. The minimum atomic E-state index is -0.396. The molecule has 0 radical (unpaired) electrons. The molecule has 2 rings (SSSR count). The van der Waals surface area contributed by atoms with Crippen molar-refractivity contribution in [3.8, 4) is 0 Å². The van der Waals surface area contributed by atoms with Gasteiger partial charge < -0.3 is 4.74 Å². The first-order valence-electron chi connectivity index (χ1n) is 6.15. The van der Waals surface area contributed by atoms with E-state index in [1.54, 1.807) is 0 Å². The second-order valence-electron chi connectivity index (χ2n) is 5.70. The second kappa shape index (κ2) is 4.11. The van der Waals surface area contributed by atoms with Crippen LogP contribution in [0.25, 0.3) is 0 Å². The Labute approximate surface area is 97.5 Å². The summed E-state index contributed by atoms with van der Waals surface area (Å²) in [6, 6.07) is 0.626. The normalized spacial score (nSPS) is 29.1. The van der Waals surface area contributed by atoms with Crippen molar-refractivity contribution >= 4 is 6.09 Å². The molecular formula is C13H21NO2. The first-order valence-corrected chi connectivity index (χ1v) is 6.15. The number of carbonyl (C=O) groups is 1. The number of fused-ring (bicyclic) bond motifs is 2. The van der Waals surface area contributed by atoms with E-state index < -0.39 is 5.60 Å². The first-order chi connectivity index (χ1) is 7.47. The van der Waals surface area contributed by atoms with Gasteiger partial charge in [-0.2, -0.15) is 0 Å². The number of carbonyl (C=O) groups excluding carboxylic acids is 1. The largest absolute Gasteiger partial charge is 0.444 e. The van der Waals surface area contributed by atoms with E-state index in [1.807, 2.05) is 25.7 Å². The average Bonchev–Trinajstić information content (AvgIpc) is 2.13. The highest BCUT2D eigenvalue weighted by Gasteiger charge is 2.36. The zero-order chi connectivity index (χ0) is 11.8. The molecule has 2 aliphatic heterocycles. The van der Waals surface area contributed by atoms with Crippen LogP contribution in [0.15, 0.2) is 12.2 Å². The van der Waals surface area contributed by atoms with E-state index in [0.717, 1.165) is 19.3 Å². The van der Waals surface area contributed by atoms with Gasteiger partial charge in [0.2, 0.25) is 0 Å².